The van der Waals surface area contributed by atoms with E-state index in [1.165, 1.54) is 4.90 Å². The number of rotatable bonds is 4. The zero-order chi connectivity index (χ0) is 13.1. The van der Waals surface area contributed by atoms with Gasteiger partial charge in [-0.3, -0.25) is 9.59 Å². The third-order valence-electron chi connectivity index (χ3n) is 3.62. The smallest absolute Gasteiger partial charge is 0.245 e. The van der Waals surface area contributed by atoms with Gasteiger partial charge < -0.3 is 20.2 Å². The zero-order valence-corrected chi connectivity index (χ0v) is 10.8. The number of amides is 2. The monoisotopic (exact) mass is 255 g/mol. The van der Waals surface area contributed by atoms with Gasteiger partial charge in [0, 0.05) is 19.6 Å². The Kier molecular flexibility index (Phi) is 4.19. The van der Waals surface area contributed by atoms with Crippen molar-refractivity contribution in [2.24, 2.45) is 0 Å². The second-order valence-electron chi connectivity index (χ2n) is 5.03. The highest BCUT2D eigenvalue weighted by Crippen LogP contribution is 2.23. The highest BCUT2D eigenvalue weighted by molar-refractivity contribution is 5.95. The van der Waals surface area contributed by atoms with Crippen LogP contribution in [0.1, 0.15) is 19.3 Å². The van der Waals surface area contributed by atoms with E-state index in [0.29, 0.717) is 13.1 Å². The van der Waals surface area contributed by atoms with Crippen LogP contribution in [0.3, 0.4) is 0 Å². The van der Waals surface area contributed by atoms with Crippen molar-refractivity contribution in [2.75, 3.05) is 33.2 Å². The van der Waals surface area contributed by atoms with Crippen LogP contribution < -0.4 is 5.32 Å². The molecule has 2 aliphatic rings. The quantitative estimate of drug-likeness (QED) is 0.661. The average molecular weight is 255 g/mol. The van der Waals surface area contributed by atoms with Gasteiger partial charge in [-0.25, -0.2) is 0 Å². The largest absolute Gasteiger partial charge is 0.390 e. The van der Waals surface area contributed by atoms with Gasteiger partial charge in [-0.15, -0.1) is 0 Å². The van der Waals surface area contributed by atoms with E-state index in [2.05, 4.69) is 5.32 Å². The van der Waals surface area contributed by atoms with Crippen LogP contribution in [0.2, 0.25) is 0 Å². The summed E-state index contributed by atoms with van der Waals surface area (Å²) in [6, 6.07) is -0.290. The highest BCUT2D eigenvalue weighted by Gasteiger charge is 2.40. The van der Waals surface area contributed by atoms with E-state index in [9.17, 15) is 14.7 Å². The Morgan fingerprint density at radius 3 is 2.94 bits per heavy atom. The topological polar surface area (TPSA) is 72.9 Å². The van der Waals surface area contributed by atoms with Gasteiger partial charge in [0.25, 0.3) is 0 Å². The Labute approximate surface area is 107 Å². The molecule has 0 spiro atoms. The molecule has 2 atom stereocenters. The van der Waals surface area contributed by atoms with Gasteiger partial charge in [0.2, 0.25) is 11.8 Å². The van der Waals surface area contributed by atoms with Gasteiger partial charge in [-0.05, 0) is 26.3 Å². The molecule has 2 saturated heterocycles. The van der Waals surface area contributed by atoms with Gasteiger partial charge in [0.1, 0.15) is 6.04 Å². The molecular formula is C12H21N3O3. The number of carbonyl (C=O) groups excluding carboxylic acids is 2. The fraction of sp³-hybridized carbons (Fsp3) is 0.833. The van der Waals surface area contributed by atoms with Crippen molar-refractivity contribution < 1.29 is 14.7 Å². The number of likely N-dealkylation sites (N-methyl/N-ethyl adjacent to an activating group) is 1. The molecule has 0 saturated carbocycles. The maximum atomic E-state index is 12.2. The molecule has 0 radical (unpaired) electrons. The number of fused-ring (bicyclic) bond motifs is 1. The lowest BCUT2D eigenvalue weighted by Crippen LogP contribution is -2.62. The van der Waals surface area contributed by atoms with Crippen molar-refractivity contribution in [1.29, 1.82) is 0 Å². The van der Waals surface area contributed by atoms with E-state index < -0.39 is 6.10 Å². The van der Waals surface area contributed by atoms with Gasteiger partial charge in [-0.2, -0.15) is 0 Å². The van der Waals surface area contributed by atoms with Gasteiger partial charge in [-0.1, -0.05) is 0 Å². The Bertz CT molecular complexity index is 335. The first-order valence-electron chi connectivity index (χ1n) is 6.54. The molecule has 2 fully saturated rings. The average Bonchev–Trinajstić information content (AvgIpc) is 2.36. The number of carbonyl (C=O) groups is 2. The lowest BCUT2D eigenvalue weighted by molar-refractivity contribution is -0.158. The summed E-state index contributed by atoms with van der Waals surface area (Å²) in [5.74, 6) is 0.000380. The third kappa shape index (κ3) is 2.64. The molecule has 18 heavy (non-hydrogen) atoms. The minimum atomic E-state index is -0.623. The molecule has 2 N–H and O–H groups in total. The maximum Gasteiger partial charge on any atom is 0.245 e. The number of hydrogen-bond acceptors (Lipinski definition) is 4. The number of aliphatic hydroxyl groups is 1. The zero-order valence-electron chi connectivity index (χ0n) is 10.8. The van der Waals surface area contributed by atoms with Crippen molar-refractivity contribution in [2.45, 2.75) is 31.4 Å². The highest BCUT2D eigenvalue weighted by atomic mass is 16.3. The van der Waals surface area contributed by atoms with E-state index in [1.807, 2.05) is 0 Å². The van der Waals surface area contributed by atoms with Crippen LogP contribution in [0.15, 0.2) is 0 Å². The molecular weight excluding hydrogens is 234 g/mol. The van der Waals surface area contributed by atoms with Crippen molar-refractivity contribution in [1.82, 2.24) is 15.1 Å². The first-order valence-corrected chi connectivity index (χ1v) is 6.54. The number of β-amino-alcohol motifs (C(OH)–C–C–N with tert-alkyl or cyclic N) is 1. The molecule has 2 amide bonds. The van der Waals surface area contributed by atoms with Gasteiger partial charge in [0.05, 0.1) is 12.6 Å². The van der Waals surface area contributed by atoms with E-state index in [4.69, 9.17) is 0 Å². The Morgan fingerprint density at radius 2 is 2.22 bits per heavy atom. The van der Waals surface area contributed by atoms with Gasteiger partial charge in [0.15, 0.2) is 0 Å². The molecule has 2 aliphatic heterocycles. The summed E-state index contributed by atoms with van der Waals surface area (Å²) >= 11 is 0. The second-order valence-corrected chi connectivity index (χ2v) is 5.03. The fourth-order valence-corrected chi connectivity index (χ4v) is 2.74. The van der Waals surface area contributed by atoms with E-state index in [0.717, 1.165) is 19.3 Å². The summed E-state index contributed by atoms with van der Waals surface area (Å²) in [5, 5.41) is 12.6. The SMILES string of the molecule is CNCC(O)CN1CC(=O)N2CCCCC2C1=O. The van der Waals surface area contributed by atoms with Crippen molar-refractivity contribution in [3.63, 3.8) is 0 Å². The molecule has 0 aromatic carbocycles. The van der Waals surface area contributed by atoms with E-state index in [1.54, 1.807) is 11.9 Å². The summed E-state index contributed by atoms with van der Waals surface area (Å²) in [6.07, 6.45) is 2.11. The van der Waals surface area contributed by atoms with Crippen LogP contribution in [0, 0.1) is 0 Å². The number of hydrogen-bond donors (Lipinski definition) is 2. The molecule has 6 heteroatoms. The summed E-state index contributed by atoms with van der Waals surface area (Å²) in [6.45, 7) is 1.46. The first kappa shape index (κ1) is 13.3. The lowest BCUT2D eigenvalue weighted by atomic mass is 9.98. The molecule has 2 unspecified atom stereocenters. The minimum absolute atomic E-state index is 0.00977. The summed E-state index contributed by atoms with van der Waals surface area (Å²) in [4.78, 5) is 27.4. The minimum Gasteiger partial charge on any atom is -0.390 e. The van der Waals surface area contributed by atoms with Crippen LogP contribution in [0.4, 0.5) is 0 Å². The van der Waals surface area contributed by atoms with Crippen molar-refractivity contribution in [3.8, 4) is 0 Å². The van der Waals surface area contributed by atoms with Crippen LogP contribution >= 0.6 is 0 Å². The number of piperazine rings is 1. The Hall–Kier alpha value is -1.14. The Morgan fingerprint density at radius 1 is 1.44 bits per heavy atom. The summed E-state index contributed by atoms with van der Waals surface area (Å²) < 4.78 is 0. The normalized spacial score (nSPS) is 26.2. The van der Waals surface area contributed by atoms with E-state index in [-0.39, 0.29) is 30.9 Å². The third-order valence-corrected chi connectivity index (χ3v) is 3.62. The van der Waals surface area contributed by atoms with Crippen molar-refractivity contribution >= 4 is 11.8 Å². The van der Waals surface area contributed by atoms with Crippen LogP contribution in [0.5, 0.6) is 0 Å². The molecule has 0 aromatic rings. The lowest BCUT2D eigenvalue weighted by Gasteiger charge is -2.43. The number of nitrogens with zero attached hydrogens (tertiary/aromatic N) is 2. The summed E-state index contributed by atoms with van der Waals surface area (Å²) in [5.41, 5.74) is 0. The number of aliphatic hydroxyl groups excluding tert-OH is 1. The number of piperidine rings is 1. The predicted octanol–water partition coefficient (Wildman–Crippen LogP) is -1.21. The Balaban J connectivity index is 2.00. The number of nitrogens with one attached hydrogen (secondary N) is 1. The first-order chi connectivity index (χ1) is 8.63. The van der Waals surface area contributed by atoms with Crippen LogP contribution in [-0.4, -0.2) is 72.1 Å². The molecule has 102 valence electrons. The fourth-order valence-electron chi connectivity index (χ4n) is 2.74. The van der Waals surface area contributed by atoms with Crippen molar-refractivity contribution in [3.05, 3.63) is 0 Å². The predicted molar refractivity (Wildman–Crippen MR) is 65.9 cm³/mol. The standard InChI is InChI=1S/C12H21N3O3/c1-13-6-9(16)7-14-8-11(17)15-5-3-2-4-10(15)12(14)18/h9-10,13,16H,2-8H2,1H3. The van der Waals surface area contributed by atoms with Crippen LogP contribution in [-0.2, 0) is 9.59 Å². The molecule has 0 aliphatic carbocycles. The molecule has 6 nitrogen and oxygen atoms in total. The molecule has 0 bridgehead atoms. The molecule has 2 heterocycles. The summed E-state index contributed by atoms with van der Waals surface area (Å²) in [7, 11) is 1.75. The van der Waals surface area contributed by atoms with Gasteiger partial charge >= 0.3 is 0 Å². The second kappa shape index (κ2) is 5.67. The molecule has 0 aromatic heterocycles. The van der Waals surface area contributed by atoms with Crippen LogP contribution in [0.25, 0.3) is 0 Å². The van der Waals surface area contributed by atoms with E-state index >= 15 is 0 Å². The maximum absolute atomic E-state index is 12.2. The molecule has 2 rings (SSSR count).